The highest BCUT2D eigenvalue weighted by Gasteiger charge is 2.24. The Kier molecular flexibility index (Phi) is 6.21. The highest BCUT2D eigenvalue weighted by atomic mass is 79.9. The van der Waals surface area contributed by atoms with Gasteiger partial charge in [0.2, 0.25) is 10.0 Å². The Balaban J connectivity index is 1.62. The number of fused-ring (bicyclic) bond motifs is 1. The Bertz CT molecular complexity index is 980. The SMILES string of the molecule is CN(CC(=O)OCc1cc2c(cc1Br)OCCO2)S(=O)(=O)c1ccc(F)cc1. The van der Waals surface area contributed by atoms with Crippen molar-refractivity contribution in [3.05, 3.63) is 52.3 Å². The molecule has 0 N–H and O–H groups in total. The molecule has 2 aromatic carbocycles. The molecule has 1 heterocycles. The van der Waals surface area contributed by atoms with E-state index >= 15 is 0 Å². The maximum absolute atomic E-state index is 13.0. The monoisotopic (exact) mass is 473 g/mol. The smallest absolute Gasteiger partial charge is 0.321 e. The van der Waals surface area contributed by atoms with E-state index in [1.54, 1.807) is 12.1 Å². The number of ether oxygens (including phenoxy) is 3. The van der Waals surface area contributed by atoms with Gasteiger partial charge in [-0.25, -0.2) is 12.8 Å². The summed E-state index contributed by atoms with van der Waals surface area (Å²) in [5.74, 6) is -0.129. The number of carbonyl (C=O) groups excluding carboxylic acids is 1. The zero-order chi connectivity index (χ0) is 20.3. The summed E-state index contributed by atoms with van der Waals surface area (Å²) in [5, 5.41) is 0. The maximum Gasteiger partial charge on any atom is 0.321 e. The molecule has 1 aliphatic heterocycles. The van der Waals surface area contributed by atoms with Gasteiger partial charge in [-0.1, -0.05) is 15.9 Å². The lowest BCUT2D eigenvalue weighted by Gasteiger charge is -2.20. The first-order chi connectivity index (χ1) is 13.3. The van der Waals surface area contributed by atoms with Crippen LogP contribution in [0.1, 0.15) is 5.56 Å². The van der Waals surface area contributed by atoms with Gasteiger partial charge < -0.3 is 14.2 Å². The third-order valence-electron chi connectivity index (χ3n) is 3.97. The Morgan fingerprint density at radius 1 is 1.18 bits per heavy atom. The third-order valence-corrected chi connectivity index (χ3v) is 6.53. The third kappa shape index (κ3) is 4.62. The van der Waals surface area contributed by atoms with Crippen molar-refractivity contribution in [2.45, 2.75) is 11.5 Å². The fourth-order valence-electron chi connectivity index (χ4n) is 2.47. The van der Waals surface area contributed by atoms with Crippen LogP contribution in [0.5, 0.6) is 11.5 Å². The molecule has 150 valence electrons. The van der Waals surface area contributed by atoms with Crippen LogP contribution in [-0.2, 0) is 26.2 Å². The second-order valence-electron chi connectivity index (χ2n) is 5.96. The molecule has 0 unspecified atom stereocenters. The first-order valence-electron chi connectivity index (χ1n) is 8.23. The Morgan fingerprint density at radius 2 is 1.79 bits per heavy atom. The average Bonchev–Trinajstić information content (AvgIpc) is 2.66. The van der Waals surface area contributed by atoms with E-state index in [1.165, 1.54) is 7.05 Å². The minimum atomic E-state index is -3.93. The minimum absolute atomic E-state index is 0.0690. The van der Waals surface area contributed by atoms with Crippen molar-refractivity contribution in [1.82, 2.24) is 4.31 Å². The molecule has 0 amide bonds. The fraction of sp³-hybridized carbons (Fsp3) is 0.278. The average molecular weight is 474 g/mol. The number of rotatable bonds is 6. The minimum Gasteiger partial charge on any atom is -0.486 e. The molecule has 1 aliphatic rings. The van der Waals surface area contributed by atoms with Gasteiger partial charge in [-0.05, 0) is 36.4 Å². The molecule has 0 radical (unpaired) electrons. The van der Waals surface area contributed by atoms with Crippen LogP contribution in [0.15, 0.2) is 45.8 Å². The molecular formula is C18H17BrFNO6S. The van der Waals surface area contributed by atoms with Crippen molar-refractivity contribution in [2.75, 3.05) is 26.8 Å². The van der Waals surface area contributed by atoms with Gasteiger partial charge in [0.05, 0.1) is 4.90 Å². The summed E-state index contributed by atoms with van der Waals surface area (Å²) in [6, 6.07) is 7.78. The molecule has 0 aromatic heterocycles. The van der Waals surface area contributed by atoms with Crippen molar-refractivity contribution in [3.63, 3.8) is 0 Å². The van der Waals surface area contributed by atoms with Crippen LogP contribution >= 0.6 is 15.9 Å². The quantitative estimate of drug-likeness (QED) is 0.599. The van der Waals surface area contributed by atoms with Crippen LogP contribution in [-0.4, -0.2) is 45.5 Å². The van der Waals surface area contributed by atoms with E-state index in [0.29, 0.717) is 34.7 Å². The number of hydrogen-bond donors (Lipinski definition) is 0. The van der Waals surface area contributed by atoms with Crippen molar-refractivity contribution in [1.29, 1.82) is 0 Å². The molecular weight excluding hydrogens is 457 g/mol. The van der Waals surface area contributed by atoms with Gasteiger partial charge in [0.15, 0.2) is 11.5 Å². The van der Waals surface area contributed by atoms with Crippen LogP contribution in [0.25, 0.3) is 0 Å². The number of sulfonamides is 1. The molecule has 0 aliphatic carbocycles. The molecule has 0 atom stereocenters. The van der Waals surface area contributed by atoms with E-state index in [-0.39, 0.29) is 11.5 Å². The summed E-state index contributed by atoms with van der Waals surface area (Å²) in [6.07, 6.45) is 0. The van der Waals surface area contributed by atoms with E-state index in [2.05, 4.69) is 15.9 Å². The molecule has 28 heavy (non-hydrogen) atoms. The molecule has 0 fully saturated rings. The fourth-order valence-corrected chi connectivity index (χ4v) is 4.03. The van der Waals surface area contributed by atoms with Crippen LogP contribution in [0, 0.1) is 5.82 Å². The Labute approximate surface area is 170 Å². The number of benzene rings is 2. The second kappa shape index (κ2) is 8.46. The normalized spacial score (nSPS) is 13.4. The molecule has 0 saturated carbocycles. The van der Waals surface area contributed by atoms with E-state index in [4.69, 9.17) is 14.2 Å². The lowest BCUT2D eigenvalue weighted by atomic mass is 10.2. The summed E-state index contributed by atoms with van der Waals surface area (Å²) < 4.78 is 55.5. The first kappa shape index (κ1) is 20.6. The highest BCUT2D eigenvalue weighted by Crippen LogP contribution is 2.35. The van der Waals surface area contributed by atoms with E-state index in [9.17, 15) is 17.6 Å². The lowest BCUT2D eigenvalue weighted by Crippen LogP contribution is -2.33. The van der Waals surface area contributed by atoms with Gasteiger partial charge in [-0.15, -0.1) is 0 Å². The van der Waals surface area contributed by atoms with Gasteiger partial charge in [0, 0.05) is 17.1 Å². The van der Waals surface area contributed by atoms with Gasteiger partial charge in [-0.2, -0.15) is 4.31 Å². The van der Waals surface area contributed by atoms with Crippen LogP contribution < -0.4 is 9.47 Å². The maximum atomic E-state index is 13.0. The zero-order valence-electron chi connectivity index (χ0n) is 14.9. The molecule has 0 spiro atoms. The molecule has 7 nitrogen and oxygen atoms in total. The number of esters is 1. The van der Waals surface area contributed by atoms with Crippen LogP contribution in [0.3, 0.4) is 0 Å². The molecule has 0 saturated heterocycles. The van der Waals surface area contributed by atoms with E-state index in [0.717, 1.165) is 28.6 Å². The topological polar surface area (TPSA) is 82.1 Å². The van der Waals surface area contributed by atoms with E-state index < -0.39 is 28.4 Å². The van der Waals surface area contributed by atoms with Crippen molar-refractivity contribution >= 4 is 31.9 Å². The van der Waals surface area contributed by atoms with Crippen molar-refractivity contribution in [2.24, 2.45) is 0 Å². The molecule has 3 rings (SSSR count). The van der Waals surface area contributed by atoms with Gasteiger partial charge in [-0.3, -0.25) is 4.79 Å². The van der Waals surface area contributed by atoms with Crippen LogP contribution in [0.2, 0.25) is 0 Å². The van der Waals surface area contributed by atoms with Crippen LogP contribution in [0.4, 0.5) is 4.39 Å². The Morgan fingerprint density at radius 3 is 2.43 bits per heavy atom. The van der Waals surface area contributed by atoms with Gasteiger partial charge in [0.1, 0.15) is 32.2 Å². The largest absolute Gasteiger partial charge is 0.486 e. The lowest BCUT2D eigenvalue weighted by molar-refractivity contribution is -0.144. The summed E-state index contributed by atoms with van der Waals surface area (Å²) in [6.45, 7) is 0.338. The number of likely N-dealkylation sites (N-methyl/N-ethyl adjacent to an activating group) is 1. The van der Waals surface area contributed by atoms with Crippen molar-refractivity contribution in [3.8, 4) is 11.5 Å². The number of nitrogens with zero attached hydrogens (tertiary/aromatic N) is 1. The summed E-state index contributed by atoms with van der Waals surface area (Å²) in [7, 11) is -2.68. The van der Waals surface area contributed by atoms with Gasteiger partial charge in [0.25, 0.3) is 0 Å². The highest BCUT2D eigenvalue weighted by molar-refractivity contribution is 9.10. The number of carbonyl (C=O) groups is 1. The molecule has 2 aromatic rings. The summed E-state index contributed by atoms with van der Waals surface area (Å²) in [5.41, 5.74) is 0.654. The number of hydrogen-bond acceptors (Lipinski definition) is 6. The zero-order valence-corrected chi connectivity index (χ0v) is 17.3. The predicted molar refractivity (Wildman–Crippen MR) is 101 cm³/mol. The molecule has 0 bridgehead atoms. The predicted octanol–water partition coefficient (Wildman–Crippen LogP) is 2.72. The Hall–Kier alpha value is -2.17. The van der Waals surface area contributed by atoms with Gasteiger partial charge >= 0.3 is 5.97 Å². The molecule has 10 heteroatoms. The standard InChI is InChI=1S/C18H17BrFNO6S/c1-21(28(23,24)14-4-2-13(20)3-5-14)10-18(22)27-11-12-8-16-17(9-15(12)19)26-7-6-25-16/h2-5,8-9H,6-7,10-11H2,1H3. The second-order valence-corrected chi connectivity index (χ2v) is 8.86. The summed E-state index contributed by atoms with van der Waals surface area (Å²) in [4.78, 5) is 12.0. The number of halogens is 2. The summed E-state index contributed by atoms with van der Waals surface area (Å²) >= 11 is 3.38. The van der Waals surface area contributed by atoms with E-state index in [1.807, 2.05) is 0 Å². The first-order valence-corrected chi connectivity index (χ1v) is 10.5. The van der Waals surface area contributed by atoms with Crippen molar-refractivity contribution < 1.29 is 31.8 Å².